The number of hydrogen-bond donors (Lipinski definition) is 0. The topological polar surface area (TPSA) is 59.1 Å². The maximum Gasteiger partial charge on any atom is 0.254 e. The van der Waals surface area contributed by atoms with E-state index in [2.05, 4.69) is 0 Å². The maximum absolute atomic E-state index is 12.7. The third kappa shape index (κ3) is 4.24. The van der Waals surface area contributed by atoms with Crippen molar-refractivity contribution in [2.24, 2.45) is 0 Å². The summed E-state index contributed by atoms with van der Waals surface area (Å²) in [4.78, 5) is 29.1. The van der Waals surface area contributed by atoms with Crippen LogP contribution in [-0.4, -0.2) is 72.2 Å². The summed E-state index contributed by atoms with van der Waals surface area (Å²) in [6, 6.07) is 6.97. The van der Waals surface area contributed by atoms with Gasteiger partial charge in [0.05, 0.1) is 24.4 Å². The highest BCUT2D eigenvalue weighted by Crippen LogP contribution is 2.17. The molecule has 4 atom stereocenters. The van der Waals surface area contributed by atoms with E-state index < -0.39 is 0 Å². The van der Waals surface area contributed by atoms with Crippen molar-refractivity contribution in [2.75, 3.05) is 26.2 Å². The number of rotatable bonds is 2. The molecule has 1 aromatic rings. The van der Waals surface area contributed by atoms with Crippen LogP contribution in [0.1, 0.15) is 48.4 Å². The molecule has 0 bridgehead atoms. The molecular formula is C20H28N2O4. The predicted octanol–water partition coefficient (Wildman–Crippen LogP) is 2.19. The van der Waals surface area contributed by atoms with Gasteiger partial charge in [-0.1, -0.05) is 0 Å². The Hall–Kier alpha value is -1.92. The molecule has 0 radical (unpaired) electrons. The third-order valence-corrected chi connectivity index (χ3v) is 4.79. The van der Waals surface area contributed by atoms with Crippen molar-refractivity contribution in [1.82, 2.24) is 9.80 Å². The summed E-state index contributed by atoms with van der Waals surface area (Å²) in [6.45, 7) is 10.3. The quantitative estimate of drug-likeness (QED) is 0.811. The Morgan fingerprint density at radius 3 is 1.23 bits per heavy atom. The lowest BCUT2D eigenvalue weighted by molar-refractivity contribution is -0.0587. The van der Waals surface area contributed by atoms with Crippen molar-refractivity contribution in [3.63, 3.8) is 0 Å². The zero-order valence-electron chi connectivity index (χ0n) is 16.0. The molecule has 2 aliphatic heterocycles. The van der Waals surface area contributed by atoms with Crippen molar-refractivity contribution in [3.05, 3.63) is 35.4 Å². The Morgan fingerprint density at radius 1 is 0.692 bits per heavy atom. The van der Waals surface area contributed by atoms with E-state index in [9.17, 15) is 9.59 Å². The van der Waals surface area contributed by atoms with Gasteiger partial charge < -0.3 is 19.3 Å². The molecule has 1 aromatic carbocycles. The normalized spacial score (nSPS) is 29.5. The number of carbonyl (C=O) groups is 2. The SMILES string of the molecule is CC1CN(C(=O)c2ccc(C(=O)N3CC(C)OC(C)C3)cc2)CC(C)O1. The zero-order chi connectivity index (χ0) is 18.8. The largest absolute Gasteiger partial charge is 0.372 e. The minimum atomic E-state index is -0.0142. The molecule has 0 spiro atoms. The number of nitrogens with zero attached hydrogens (tertiary/aromatic N) is 2. The number of morpholine rings is 2. The van der Waals surface area contributed by atoms with Crippen LogP contribution in [0.5, 0.6) is 0 Å². The third-order valence-electron chi connectivity index (χ3n) is 4.79. The second-order valence-electron chi connectivity index (χ2n) is 7.51. The van der Waals surface area contributed by atoms with E-state index in [4.69, 9.17) is 9.47 Å². The Bertz CT molecular complexity index is 583. The number of benzene rings is 1. The van der Waals surface area contributed by atoms with E-state index in [0.717, 1.165) is 0 Å². The highest BCUT2D eigenvalue weighted by Gasteiger charge is 2.28. The van der Waals surface area contributed by atoms with Crippen LogP contribution < -0.4 is 0 Å². The van der Waals surface area contributed by atoms with Gasteiger partial charge in [0.15, 0.2) is 0 Å². The van der Waals surface area contributed by atoms with E-state index in [-0.39, 0.29) is 36.2 Å². The number of carbonyl (C=O) groups excluding carboxylic acids is 2. The number of ether oxygens (including phenoxy) is 2. The molecule has 6 heteroatoms. The number of amides is 2. The van der Waals surface area contributed by atoms with Gasteiger partial charge in [0, 0.05) is 37.3 Å². The molecule has 0 N–H and O–H groups in total. The van der Waals surface area contributed by atoms with E-state index in [0.29, 0.717) is 37.3 Å². The highest BCUT2D eigenvalue weighted by atomic mass is 16.5. The van der Waals surface area contributed by atoms with E-state index in [1.54, 1.807) is 24.3 Å². The van der Waals surface area contributed by atoms with Gasteiger partial charge in [0.25, 0.3) is 11.8 Å². The van der Waals surface area contributed by atoms with Gasteiger partial charge in [0.1, 0.15) is 0 Å². The fourth-order valence-electron chi connectivity index (χ4n) is 3.81. The van der Waals surface area contributed by atoms with Crippen LogP contribution >= 0.6 is 0 Å². The molecule has 2 aliphatic rings. The van der Waals surface area contributed by atoms with Crippen LogP contribution in [0.4, 0.5) is 0 Å². The summed E-state index contributed by atoms with van der Waals surface area (Å²) in [6.07, 6.45) is 0.144. The monoisotopic (exact) mass is 360 g/mol. The zero-order valence-corrected chi connectivity index (χ0v) is 16.0. The molecule has 0 aliphatic carbocycles. The molecular weight excluding hydrogens is 332 g/mol. The van der Waals surface area contributed by atoms with Gasteiger partial charge >= 0.3 is 0 Å². The first-order chi connectivity index (χ1) is 12.3. The minimum absolute atomic E-state index is 0.0142. The average Bonchev–Trinajstić information content (AvgIpc) is 2.59. The maximum atomic E-state index is 12.7. The second-order valence-corrected chi connectivity index (χ2v) is 7.51. The Morgan fingerprint density at radius 2 is 0.962 bits per heavy atom. The fourth-order valence-corrected chi connectivity index (χ4v) is 3.81. The van der Waals surface area contributed by atoms with Crippen LogP contribution in [0.3, 0.4) is 0 Å². The van der Waals surface area contributed by atoms with Crippen molar-refractivity contribution in [1.29, 1.82) is 0 Å². The predicted molar refractivity (Wildman–Crippen MR) is 98.3 cm³/mol. The lowest BCUT2D eigenvalue weighted by Gasteiger charge is -2.35. The molecule has 2 saturated heterocycles. The lowest BCUT2D eigenvalue weighted by Crippen LogP contribution is -2.48. The van der Waals surface area contributed by atoms with E-state index >= 15 is 0 Å². The molecule has 0 aromatic heterocycles. The van der Waals surface area contributed by atoms with Crippen LogP contribution in [0.25, 0.3) is 0 Å². The van der Waals surface area contributed by atoms with Gasteiger partial charge in [-0.2, -0.15) is 0 Å². The average molecular weight is 360 g/mol. The van der Waals surface area contributed by atoms with Crippen molar-refractivity contribution in [2.45, 2.75) is 52.1 Å². The Balaban J connectivity index is 1.68. The molecule has 2 heterocycles. The van der Waals surface area contributed by atoms with Crippen LogP contribution in [0.2, 0.25) is 0 Å². The Labute approximate surface area is 155 Å². The molecule has 6 nitrogen and oxygen atoms in total. The fraction of sp³-hybridized carbons (Fsp3) is 0.600. The van der Waals surface area contributed by atoms with Gasteiger partial charge in [-0.25, -0.2) is 0 Å². The van der Waals surface area contributed by atoms with Gasteiger partial charge in [-0.15, -0.1) is 0 Å². The molecule has 3 rings (SSSR count). The molecule has 26 heavy (non-hydrogen) atoms. The molecule has 4 unspecified atom stereocenters. The molecule has 142 valence electrons. The molecule has 2 amide bonds. The molecule has 0 saturated carbocycles. The van der Waals surface area contributed by atoms with E-state index in [1.807, 2.05) is 37.5 Å². The standard InChI is InChI=1S/C20H28N2O4/c1-13-9-21(10-14(2)25-13)19(23)17-5-7-18(8-6-17)20(24)22-11-15(3)26-16(4)12-22/h5-8,13-16H,9-12H2,1-4H3. The summed E-state index contributed by atoms with van der Waals surface area (Å²) in [5, 5.41) is 0. The van der Waals surface area contributed by atoms with Crippen LogP contribution in [-0.2, 0) is 9.47 Å². The van der Waals surface area contributed by atoms with Gasteiger partial charge in [0.2, 0.25) is 0 Å². The van der Waals surface area contributed by atoms with Crippen LogP contribution in [0, 0.1) is 0 Å². The van der Waals surface area contributed by atoms with Crippen molar-refractivity contribution in [3.8, 4) is 0 Å². The summed E-state index contributed by atoms with van der Waals surface area (Å²) in [5.41, 5.74) is 1.21. The smallest absolute Gasteiger partial charge is 0.254 e. The summed E-state index contributed by atoms with van der Waals surface area (Å²) >= 11 is 0. The first kappa shape index (κ1) is 18.9. The summed E-state index contributed by atoms with van der Waals surface area (Å²) < 4.78 is 11.4. The first-order valence-corrected chi connectivity index (χ1v) is 9.33. The molecule has 2 fully saturated rings. The summed E-state index contributed by atoms with van der Waals surface area (Å²) in [7, 11) is 0. The summed E-state index contributed by atoms with van der Waals surface area (Å²) in [5.74, 6) is -0.0285. The second kappa shape index (κ2) is 7.76. The lowest BCUT2D eigenvalue weighted by atomic mass is 10.1. The van der Waals surface area contributed by atoms with Crippen LogP contribution in [0.15, 0.2) is 24.3 Å². The van der Waals surface area contributed by atoms with Gasteiger partial charge in [-0.3, -0.25) is 9.59 Å². The first-order valence-electron chi connectivity index (χ1n) is 9.33. The Kier molecular flexibility index (Phi) is 5.63. The van der Waals surface area contributed by atoms with Gasteiger partial charge in [-0.05, 0) is 52.0 Å². The van der Waals surface area contributed by atoms with Crippen molar-refractivity contribution >= 4 is 11.8 Å². The van der Waals surface area contributed by atoms with E-state index in [1.165, 1.54) is 0 Å². The number of hydrogen-bond acceptors (Lipinski definition) is 4. The highest BCUT2D eigenvalue weighted by molar-refractivity contribution is 5.98. The minimum Gasteiger partial charge on any atom is -0.372 e. The van der Waals surface area contributed by atoms with Crippen molar-refractivity contribution < 1.29 is 19.1 Å².